The molecule has 0 aliphatic rings. The number of carbonyl (C=O) groups excluding carboxylic acids is 2. The van der Waals surface area contributed by atoms with Crippen molar-refractivity contribution in [1.82, 2.24) is 0 Å². The Hall–Kier alpha value is -2.34. The summed E-state index contributed by atoms with van der Waals surface area (Å²) in [5.41, 5.74) is 8.58. The van der Waals surface area contributed by atoms with Crippen LogP contribution < -0.4 is 11.1 Å². The van der Waals surface area contributed by atoms with Crippen LogP contribution in [0.2, 0.25) is 0 Å². The lowest BCUT2D eigenvalue weighted by Gasteiger charge is -2.08. The van der Waals surface area contributed by atoms with E-state index in [1.54, 1.807) is 19.1 Å². The molecule has 3 N–H and O–H groups in total. The van der Waals surface area contributed by atoms with Gasteiger partial charge in [-0.25, -0.2) is 4.79 Å². The van der Waals surface area contributed by atoms with Crippen molar-refractivity contribution in [3.63, 3.8) is 0 Å². The molecule has 24 heavy (non-hydrogen) atoms. The van der Waals surface area contributed by atoms with Gasteiger partial charge in [-0.3, -0.25) is 4.79 Å². The lowest BCUT2D eigenvalue weighted by atomic mass is 10.1. The number of rotatable bonds is 6. The van der Waals surface area contributed by atoms with E-state index in [-0.39, 0.29) is 18.3 Å². The number of nitrogens with one attached hydrogen (secondary N) is 1. The number of aryl methyl sites for hydroxylation is 1. The predicted octanol–water partition coefficient (Wildman–Crippen LogP) is 3.56. The Labute approximate surface area is 145 Å². The van der Waals surface area contributed by atoms with Gasteiger partial charge in [0.05, 0.1) is 18.6 Å². The second kappa shape index (κ2) is 7.97. The fourth-order valence-electron chi connectivity index (χ4n) is 2.50. The Bertz CT molecular complexity index is 735. The maximum atomic E-state index is 12.3. The van der Waals surface area contributed by atoms with Gasteiger partial charge in [0.1, 0.15) is 5.00 Å². The van der Waals surface area contributed by atoms with Crippen molar-refractivity contribution in [2.75, 3.05) is 17.7 Å². The zero-order valence-corrected chi connectivity index (χ0v) is 15.0. The standard InChI is InChI=1S/C18H22N2O3S/c1-4-14-11(3)24-17(16(14)18(22)23-5-2)20-15(21)10-12-6-8-13(19)9-7-12/h6-9H,4-5,10,19H2,1-3H3,(H,20,21). The number of carbonyl (C=O) groups is 2. The van der Waals surface area contributed by atoms with Crippen molar-refractivity contribution < 1.29 is 14.3 Å². The van der Waals surface area contributed by atoms with Crippen molar-refractivity contribution in [2.24, 2.45) is 0 Å². The molecular formula is C18H22N2O3S. The zero-order valence-electron chi connectivity index (χ0n) is 14.1. The van der Waals surface area contributed by atoms with Gasteiger partial charge in [-0.1, -0.05) is 19.1 Å². The van der Waals surface area contributed by atoms with E-state index in [9.17, 15) is 9.59 Å². The van der Waals surface area contributed by atoms with Gasteiger partial charge < -0.3 is 15.8 Å². The molecule has 1 amide bonds. The Morgan fingerprint density at radius 1 is 1.21 bits per heavy atom. The molecule has 0 aliphatic carbocycles. The van der Waals surface area contributed by atoms with Crippen LogP contribution in [0.4, 0.5) is 10.7 Å². The van der Waals surface area contributed by atoms with Crippen molar-refractivity contribution in [3.05, 3.63) is 45.8 Å². The van der Waals surface area contributed by atoms with E-state index in [4.69, 9.17) is 10.5 Å². The Morgan fingerprint density at radius 2 is 1.88 bits per heavy atom. The summed E-state index contributed by atoms with van der Waals surface area (Å²) in [7, 11) is 0. The molecule has 1 aromatic carbocycles. The van der Waals surface area contributed by atoms with Gasteiger partial charge in [0.25, 0.3) is 0 Å². The number of esters is 1. The highest BCUT2D eigenvalue weighted by atomic mass is 32.1. The first-order chi connectivity index (χ1) is 11.5. The highest BCUT2D eigenvalue weighted by Crippen LogP contribution is 2.34. The van der Waals surface area contributed by atoms with Crippen LogP contribution in [0.15, 0.2) is 24.3 Å². The van der Waals surface area contributed by atoms with Crippen molar-refractivity contribution in [1.29, 1.82) is 0 Å². The van der Waals surface area contributed by atoms with E-state index in [1.807, 2.05) is 26.0 Å². The van der Waals surface area contributed by atoms with Crippen LogP contribution in [0.1, 0.15) is 40.2 Å². The number of hydrogen-bond donors (Lipinski definition) is 2. The van der Waals surface area contributed by atoms with Crippen LogP contribution in [-0.4, -0.2) is 18.5 Å². The molecule has 2 rings (SSSR count). The molecule has 0 unspecified atom stereocenters. The third-order valence-electron chi connectivity index (χ3n) is 3.64. The molecule has 0 aliphatic heterocycles. The summed E-state index contributed by atoms with van der Waals surface area (Å²) in [4.78, 5) is 25.6. The number of nitrogen functional groups attached to an aromatic ring is 1. The molecule has 1 aromatic heterocycles. The SMILES string of the molecule is CCOC(=O)c1c(NC(=O)Cc2ccc(N)cc2)sc(C)c1CC. The maximum Gasteiger partial charge on any atom is 0.341 e. The lowest BCUT2D eigenvalue weighted by molar-refractivity contribution is -0.115. The largest absolute Gasteiger partial charge is 0.462 e. The lowest BCUT2D eigenvalue weighted by Crippen LogP contribution is -2.17. The molecule has 0 spiro atoms. The molecular weight excluding hydrogens is 324 g/mol. The Kier molecular flexibility index (Phi) is 5.98. The minimum atomic E-state index is -0.388. The summed E-state index contributed by atoms with van der Waals surface area (Å²) >= 11 is 1.41. The summed E-state index contributed by atoms with van der Waals surface area (Å²) in [6, 6.07) is 7.16. The van der Waals surface area contributed by atoms with E-state index in [2.05, 4.69) is 5.32 Å². The maximum absolute atomic E-state index is 12.3. The summed E-state index contributed by atoms with van der Waals surface area (Å²) in [5.74, 6) is -0.560. The highest BCUT2D eigenvalue weighted by molar-refractivity contribution is 7.16. The van der Waals surface area contributed by atoms with E-state index < -0.39 is 0 Å². The van der Waals surface area contributed by atoms with Crippen LogP contribution in [0.25, 0.3) is 0 Å². The average molecular weight is 346 g/mol. The third kappa shape index (κ3) is 4.14. The Morgan fingerprint density at radius 3 is 2.46 bits per heavy atom. The molecule has 6 heteroatoms. The second-order valence-corrected chi connectivity index (χ2v) is 6.61. The first-order valence-corrected chi connectivity index (χ1v) is 8.71. The number of amides is 1. The normalized spacial score (nSPS) is 10.5. The quantitative estimate of drug-likeness (QED) is 0.619. The second-order valence-electron chi connectivity index (χ2n) is 5.38. The van der Waals surface area contributed by atoms with E-state index in [0.717, 1.165) is 16.0 Å². The van der Waals surface area contributed by atoms with E-state index in [0.29, 0.717) is 29.3 Å². The first-order valence-electron chi connectivity index (χ1n) is 7.89. The van der Waals surface area contributed by atoms with Gasteiger partial charge in [-0.2, -0.15) is 0 Å². The number of ether oxygens (including phenoxy) is 1. The Balaban J connectivity index is 2.20. The highest BCUT2D eigenvalue weighted by Gasteiger charge is 2.23. The molecule has 5 nitrogen and oxygen atoms in total. The smallest absolute Gasteiger partial charge is 0.341 e. The molecule has 0 saturated heterocycles. The van der Waals surface area contributed by atoms with Crippen LogP contribution in [-0.2, 0) is 22.4 Å². The third-order valence-corrected chi connectivity index (χ3v) is 4.70. The van der Waals surface area contributed by atoms with Crippen molar-refractivity contribution in [2.45, 2.75) is 33.6 Å². The topological polar surface area (TPSA) is 81.4 Å². The number of nitrogens with two attached hydrogens (primary N) is 1. The summed E-state index contributed by atoms with van der Waals surface area (Å²) in [6.07, 6.45) is 0.936. The molecule has 128 valence electrons. The monoisotopic (exact) mass is 346 g/mol. The predicted molar refractivity (Wildman–Crippen MR) is 97.6 cm³/mol. The number of anilines is 2. The van der Waals surface area contributed by atoms with Crippen LogP contribution in [0.3, 0.4) is 0 Å². The summed E-state index contributed by atoms with van der Waals surface area (Å²) in [5, 5.41) is 3.41. The van der Waals surface area contributed by atoms with Gasteiger partial charge in [0, 0.05) is 10.6 Å². The zero-order chi connectivity index (χ0) is 17.7. The van der Waals surface area contributed by atoms with Crippen LogP contribution in [0.5, 0.6) is 0 Å². The molecule has 0 bridgehead atoms. The van der Waals surface area contributed by atoms with Crippen LogP contribution >= 0.6 is 11.3 Å². The molecule has 2 aromatic rings. The van der Waals surface area contributed by atoms with Crippen molar-refractivity contribution >= 4 is 33.9 Å². The molecule has 0 fully saturated rings. The van der Waals surface area contributed by atoms with Gasteiger partial charge in [-0.05, 0) is 43.5 Å². The molecule has 0 radical (unpaired) electrons. The molecule has 0 atom stereocenters. The minimum absolute atomic E-state index is 0.172. The average Bonchev–Trinajstić information content (AvgIpc) is 2.85. The summed E-state index contributed by atoms with van der Waals surface area (Å²) < 4.78 is 5.14. The first kappa shape index (κ1) is 18.0. The molecule has 1 heterocycles. The van der Waals surface area contributed by atoms with Gasteiger partial charge in [-0.15, -0.1) is 11.3 Å². The van der Waals surface area contributed by atoms with Crippen LogP contribution in [0, 0.1) is 6.92 Å². The number of hydrogen-bond acceptors (Lipinski definition) is 5. The van der Waals surface area contributed by atoms with E-state index >= 15 is 0 Å². The molecule has 0 saturated carbocycles. The minimum Gasteiger partial charge on any atom is -0.462 e. The fourth-order valence-corrected chi connectivity index (χ4v) is 3.65. The van der Waals surface area contributed by atoms with Gasteiger partial charge >= 0.3 is 5.97 Å². The van der Waals surface area contributed by atoms with E-state index in [1.165, 1.54) is 11.3 Å². The number of benzene rings is 1. The van der Waals surface area contributed by atoms with Crippen molar-refractivity contribution in [3.8, 4) is 0 Å². The summed E-state index contributed by atoms with van der Waals surface area (Å²) in [6.45, 7) is 6.00. The van der Waals surface area contributed by atoms with Gasteiger partial charge in [0.2, 0.25) is 5.91 Å². The fraction of sp³-hybridized carbons (Fsp3) is 0.333. The van der Waals surface area contributed by atoms with Gasteiger partial charge in [0.15, 0.2) is 0 Å². The number of thiophene rings is 1.